The Bertz CT molecular complexity index is 1460. The number of rotatable bonds is 9. The van der Waals surface area contributed by atoms with Crippen molar-refractivity contribution in [3.8, 4) is 0 Å². The van der Waals surface area contributed by atoms with Crippen molar-refractivity contribution in [1.29, 1.82) is 0 Å². The highest BCUT2D eigenvalue weighted by molar-refractivity contribution is 7.89. The third kappa shape index (κ3) is 6.83. The van der Waals surface area contributed by atoms with Crippen molar-refractivity contribution in [2.75, 3.05) is 38.5 Å². The molecule has 3 aromatic carbocycles. The molecule has 0 radical (unpaired) electrons. The first-order valence-corrected chi connectivity index (χ1v) is 14.9. The fraction of sp³-hybridized carbons (Fsp3) is 0.269. The van der Waals surface area contributed by atoms with Gasteiger partial charge >= 0.3 is 0 Å². The van der Waals surface area contributed by atoms with Crippen LogP contribution in [0.4, 0.5) is 10.1 Å². The van der Waals surface area contributed by atoms with Crippen LogP contribution in [0.5, 0.6) is 0 Å². The summed E-state index contributed by atoms with van der Waals surface area (Å²) in [7, 11) is -5.87. The van der Waals surface area contributed by atoms with Crippen molar-refractivity contribution in [2.24, 2.45) is 0 Å². The van der Waals surface area contributed by atoms with Crippen molar-refractivity contribution in [3.63, 3.8) is 0 Å². The number of carbonyl (C=O) groups excluding carboxylic acids is 1. The fourth-order valence-corrected chi connectivity index (χ4v) is 6.64. The molecule has 4 rings (SSSR count). The summed E-state index contributed by atoms with van der Waals surface area (Å²) in [5, 5.41) is 2.67. The molecule has 38 heavy (non-hydrogen) atoms. The summed E-state index contributed by atoms with van der Waals surface area (Å²) in [6.45, 7) is 2.08. The van der Waals surface area contributed by atoms with Gasteiger partial charge < -0.3 is 10.2 Å². The van der Waals surface area contributed by atoms with Crippen LogP contribution in [-0.4, -0.2) is 71.2 Å². The Balaban J connectivity index is 1.51. The van der Waals surface area contributed by atoms with Crippen LogP contribution in [0.25, 0.3) is 0 Å². The maximum atomic E-state index is 13.3. The number of benzene rings is 3. The molecular weight excluding hydrogens is 531 g/mol. The summed E-state index contributed by atoms with van der Waals surface area (Å²) in [5.41, 5.74) is 1.04. The highest BCUT2D eigenvalue weighted by Gasteiger charge is 2.29. The molecule has 0 bridgehead atoms. The summed E-state index contributed by atoms with van der Waals surface area (Å²) in [6, 6.07) is 17.8. The minimum Gasteiger partial charge on any atom is -0.325 e. The van der Waals surface area contributed by atoms with Crippen LogP contribution in [0.15, 0.2) is 88.7 Å². The molecule has 0 aromatic heterocycles. The minimum absolute atomic E-state index is 0.0585. The van der Waals surface area contributed by atoms with Crippen LogP contribution in [0.2, 0.25) is 0 Å². The van der Waals surface area contributed by atoms with Crippen LogP contribution in [-0.2, 0) is 31.3 Å². The predicted molar refractivity (Wildman–Crippen MR) is 142 cm³/mol. The van der Waals surface area contributed by atoms with Gasteiger partial charge in [0.2, 0.25) is 26.0 Å². The molecule has 9 nitrogen and oxygen atoms in total. The molecule has 1 amide bonds. The Hall–Kier alpha value is -3.16. The van der Waals surface area contributed by atoms with Gasteiger partial charge in [-0.05, 0) is 67.6 Å². The predicted octanol–water partition coefficient (Wildman–Crippen LogP) is 2.29. The molecule has 1 heterocycles. The minimum atomic E-state index is -4.14. The smallest absolute Gasteiger partial charge is 0.243 e. The number of carbonyl (C=O) groups is 1. The van der Waals surface area contributed by atoms with Gasteiger partial charge in [-0.1, -0.05) is 30.3 Å². The van der Waals surface area contributed by atoms with Crippen molar-refractivity contribution in [3.05, 3.63) is 90.2 Å². The number of hydrogen-bond donors (Lipinski definition) is 2. The molecule has 202 valence electrons. The lowest BCUT2D eigenvalue weighted by molar-refractivity contribution is -0.117. The Morgan fingerprint density at radius 1 is 0.842 bits per heavy atom. The van der Waals surface area contributed by atoms with E-state index in [-0.39, 0.29) is 16.2 Å². The van der Waals surface area contributed by atoms with E-state index in [4.69, 9.17) is 0 Å². The SMILES string of the molecule is CN1CCN(S(=O)(=O)c2ccc(NC(=O)C(Cc3ccccc3)NS(=O)(=O)c3ccc(F)cc3)cc2)CC1. The lowest BCUT2D eigenvalue weighted by Crippen LogP contribution is -2.47. The van der Waals surface area contributed by atoms with E-state index in [0.717, 1.165) is 29.8 Å². The Morgan fingerprint density at radius 3 is 2.03 bits per heavy atom. The summed E-state index contributed by atoms with van der Waals surface area (Å²) >= 11 is 0. The van der Waals surface area contributed by atoms with Crippen molar-refractivity contribution in [1.82, 2.24) is 13.9 Å². The zero-order valence-corrected chi connectivity index (χ0v) is 22.4. The normalized spacial score (nSPS) is 16.2. The van der Waals surface area contributed by atoms with Gasteiger partial charge in [-0.3, -0.25) is 4.79 Å². The van der Waals surface area contributed by atoms with Gasteiger partial charge in [0.1, 0.15) is 11.9 Å². The number of anilines is 1. The fourth-order valence-electron chi connectivity index (χ4n) is 4.02. The first-order chi connectivity index (χ1) is 18.0. The van der Waals surface area contributed by atoms with E-state index in [9.17, 15) is 26.0 Å². The van der Waals surface area contributed by atoms with Crippen LogP contribution >= 0.6 is 0 Å². The van der Waals surface area contributed by atoms with Gasteiger partial charge in [-0.15, -0.1) is 0 Å². The average molecular weight is 561 g/mol. The first-order valence-electron chi connectivity index (χ1n) is 12.0. The quantitative estimate of drug-likeness (QED) is 0.415. The van der Waals surface area contributed by atoms with Gasteiger partial charge in [0.25, 0.3) is 0 Å². The molecule has 12 heteroatoms. The molecule has 0 spiro atoms. The van der Waals surface area contributed by atoms with Crippen molar-refractivity contribution < 1.29 is 26.0 Å². The van der Waals surface area contributed by atoms with Gasteiger partial charge in [0, 0.05) is 31.9 Å². The highest BCUT2D eigenvalue weighted by atomic mass is 32.2. The number of halogens is 1. The van der Waals surface area contributed by atoms with Gasteiger partial charge in [-0.2, -0.15) is 9.03 Å². The molecule has 1 aliphatic rings. The number of amides is 1. The standard InChI is InChI=1S/C26H29FN4O5S2/c1-30-15-17-31(18-16-30)38(35,36)24-13-9-22(10-14-24)28-26(32)25(19-20-5-3-2-4-6-20)29-37(33,34)23-11-7-21(27)8-12-23/h2-14,25,29H,15-19H2,1H3,(H,28,32). The molecule has 1 unspecified atom stereocenters. The topological polar surface area (TPSA) is 116 Å². The molecule has 1 aliphatic heterocycles. The summed E-state index contributed by atoms with van der Waals surface area (Å²) in [4.78, 5) is 15.2. The van der Waals surface area contributed by atoms with E-state index in [0.29, 0.717) is 31.9 Å². The first kappa shape index (κ1) is 27.9. The number of likely N-dealkylation sites (N-methyl/N-ethyl adjacent to an activating group) is 1. The third-order valence-electron chi connectivity index (χ3n) is 6.24. The van der Waals surface area contributed by atoms with Gasteiger partial charge in [0.15, 0.2) is 0 Å². The maximum Gasteiger partial charge on any atom is 0.243 e. The summed E-state index contributed by atoms with van der Waals surface area (Å²) in [6.07, 6.45) is 0.0585. The molecule has 3 aromatic rings. The Morgan fingerprint density at radius 2 is 1.42 bits per heavy atom. The number of sulfonamides is 2. The average Bonchev–Trinajstić information content (AvgIpc) is 2.89. The van der Waals surface area contributed by atoms with Crippen molar-refractivity contribution in [2.45, 2.75) is 22.3 Å². The summed E-state index contributed by atoms with van der Waals surface area (Å²) in [5.74, 6) is -1.21. The summed E-state index contributed by atoms with van der Waals surface area (Å²) < 4.78 is 69.0. The number of hydrogen-bond acceptors (Lipinski definition) is 6. The molecule has 1 fully saturated rings. The van der Waals surface area contributed by atoms with E-state index >= 15 is 0 Å². The lowest BCUT2D eigenvalue weighted by Gasteiger charge is -2.31. The second kappa shape index (κ2) is 11.7. The van der Waals surface area contributed by atoms with E-state index in [1.807, 2.05) is 7.05 Å². The van der Waals surface area contributed by atoms with Crippen molar-refractivity contribution >= 4 is 31.6 Å². The monoisotopic (exact) mass is 560 g/mol. The molecule has 0 saturated carbocycles. The number of piperazine rings is 1. The second-order valence-electron chi connectivity index (χ2n) is 9.04. The van der Waals surface area contributed by atoms with Crippen LogP contribution < -0.4 is 10.0 Å². The molecular formula is C26H29FN4O5S2. The van der Waals surface area contributed by atoms with E-state index in [1.165, 1.54) is 28.6 Å². The van der Waals surface area contributed by atoms with E-state index in [1.54, 1.807) is 30.3 Å². The Kier molecular flexibility index (Phi) is 8.58. The molecule has 1 atom stereocenters. The van der Waals surface area contributed by atoms with Crippen LogP contribution in [0, 0.1) is 5.82 Å². The van der Waals surface area contributed by atoms with Gasteiger partial charge in [0.05, 0.1) is 9.79 Å². The molecule has 2 N–H and O–H groups in total. The largest absolute Gasteiger partial charge is 0.325 e. The van der Waals surface area contributed by atoms with Gasteiger partial charge in [-0.25, -0.2) is 21.2 Å². The lowest BCUT2D eigenvalue weighted by atomic mass is 10.1. The zero-order chi connectivity index (χ0) is 27.3. The second-order valence-corrected chi connectivity index (χ2v) is 12.7. The third-order valence-corrected chi connectivity index (χ3v) is 9.64. The molecule has 0 aliphatic carbocycles. The number of nitrogens with zero attached hydrogens (tertiary/aromatic N) is 2. The highest BCUT2D eigenvalue weighted by Crippen LogP contribution is 2.20. The van der Waals surface area contributed by atoms with E-state index in [2.05, 4.69) is 14.9 Å². The van der Waals surface area contributed by atoms with Crippen LogP contribution in [0.1, 0.15) is 5.56 Å². The Labute approximate surface area is 222 Å². The zero-order valence-electron chi connectivity index (χ0n) is 20.7. The number of nitrogens with one attached hydrogen (secondary N) is 2. The van der Waals surface area contributed by atoms with E-state index < -0.39 is 37.8 Å². The maximum absolute atomic E-state index is 13.3. The van der Waals surface area contributed by atoms with Crippen LogP contribution in [0.3, 0.4) is 0 Å². The molecule has 1 saturated heterocycles.